The Morgan fingerprint density at radius 3 is 0.469 bits per heavy atom. The molecular formula is C16H25NaO15. The molecule has 5 unspecified atom stereocenters. The second-order valence-corrected chi connectivity index (χ2v) is 4.98. The molecule has 0 aromatic carbocycles. The van der Waals surface area contributed by atoms with Crippen molar-refractivity contribution in [3.05, 3.63) is 7.43 Å². The van der Waals surface area contributed by atoms with Gasteiger partial charge in [0.1, 0.15) is 0 Å². The van der Waals surface area contributed by atoms with Crippen molar-refractivity contribution < 1.29 is 105 Å². The summed E-state index contributed by atoms with van der Waals surface area (Å²) in [5.74, 6) is -7.18. The molecule has 32 heavy (non-hydrogen) atoms. The Labute approximate surface area is 206 Å². The fourth-order valence-electron chi connectivity index (χ4n) is 0. The molecule has 0 fully saturated rings. The van der Waals surface area contributed by atoms with Gasteiger partial charge in [0.2, 0.25) is 0 Å². The number of carbonyl (C=O) groups is 5. The molecule has 0 rings (SSSR count). The van der Waals surface area contributed by atoms with E-state index in [0.29, 0.717) is 0 Å². The first-order valence-electron chi connectivity index (χ1n) is 7.66. The van der Waals surface area contributed by atoms with Crippen molar-refractivity contribution in [3.63, 3.8) is 0 Å². The van der Waals surface area contributed by atoms with Crippen LogP contribution in [0.1, 0.15) is 34.6 Å². The molecule has 0 amide bonds. The number of carbonyl (C=O) groups excluding carboxylic acids is 5. The molecule has 0 aliphatic carbocycles. The Morgan fingerprint density at radius 2 is 0.469 bits per heavy atom. The average Bonchev–Trinajstić information content (AvgIpc) is 2.56. The van der Waals surface area contributed by atoms with Crippen molar-refractivity contribution in [2.45, 2.75) is 65.1 Å². The Bertz CT molecular complexity index is 397. The maximum atomic E-state index is 9.34. The van der Waals surface area contributed by atoms with Crippen LogP contribution in [0.2, 0.25) is 0 Å². The third-order valence-corrected chi connectivity index (χ3v) is 1.71. The number of hydrogen-bond donors (Lipinski definition) is 5. The fourth-order valence-corrected chi connectivity index (χ4v) is 0. The van der Waals surface area contributed by atoms with Gasteiger partial charge in [0, 0.05) is 0 Å². The molecule has 15 nitrogen and oxygen atoms in total. The maximum absolute atomic E-state index is 9.34. The Morgan fingerprint density at radius 1 is 0.438 bits per heavy atom. The zero-order valence-corrected chi connectivity index (χ0v) is 20.2. The molecule has 0 aromatic rings. The number of rotatable bonds is 5. The predicted molar refractivity (Wildman–Crippen MR) is 86.7 cm³/mol. The second kappa shape index (κ2) is 29.1. The van der Waals surface area contributed by atoms with E-state index < -0.39 is 60.4 Å². The van der Waals surface area contributed by atoms with Gasteiger partial charge in [-0.1, -0.05) is 0 Å². The van der Waals surface area contributed by atoms with Crippen LogP contribution in [0.3, 0.4) is 0 Å². The van der Waals surface area contributed by atoms with Gasteiger partial charge in [-0.25, -0.2) is 0 Å². The number of carboxylic acids is 5. The molecule has 0 spiro atoms. The Balaban J connectivity index is -0.0000000481. The fraction of sp³-hybridized carbons (Fsp3) is 0.625. The quantitative estimate of drug-likeness (QED) is 0.228. The van der Waals surface area contributed by atoms with Crippen molar-refractivity contribution in [2.75, 3.05) is 0 Å². The number of aliphatic hydroxyl groups excluding tert-OH is 5. The van der Waals surface area contributed by atoms with E-state index in [1.165, 1.54) is 0 Å². The summed E-state index contributed by atoms with van der Waals surface area (Å²) in [5.41, 5.74) is 0. The minimum atomic E-state index is -1.44. The van der Waals surface area contributed by atoms with E-state index in [4.69, 9.17) is 25.5 Å². The molecule has 5 atom stereocenters. The van der Waals surface area contributed by atoms with E-state index >= 15 is 0 Å². The molecule has 0 radical (unpaired) electrons. The van der Waals surface area contributed by atoms with Gasteiger partial charge in [-0.15, -0.1) is 0 Å². The van der Waals surface area contributed by atoms with Gasteiger partial charge >= 0.3 is 37.0 Å². The van der Waals surface area contributed by atoms with E-state index in [9.17, 15) is 49.5 Å². The summed E-state index contributed by atoms with van der Waals surface area (Å²) >= 11 is 0. The Kier molecular flexibility index (Phi) is 43.5. The van der Waals surface area contributed by atoms with Gasteiger partial charge in [0.15, 0.2) is 0 Å². The van der Waals surface area contributed by atoms with Crippen LogP contribution < -0.4 is 55.1 Å². The zero-order valence-electron chi connectivity index (χ0n) is 18.2. The molecule has 0 aromatic heterocycles. The topological polar surface area (TPSA) is 302 Å². The van der Waals surface area contributed by atoms with E-state index in [0.717, 1.165) is 34.6 Å². The second-order valence-electron chi connectivity index (χ2n) is 4.98. The number of hydrogen-bond acceptors (Lipinski definition) is 15. The minimum absolute atomic E-state index is 0. The van der Waals surface area contributed by atoms with Crippen LogP contribution >= 0.6 is 0 Å². The molecule has 16 heteroatoms. The molecule has 5 N–H and O–H groups in total. The van der Waals surface area contributed by atoms with Crippen LogP contribution in [0, 0.1) is 7.43 Å². The summed E-state index contributed by atoms with van der Waals surface area (Å²) in [6.07, 6.45) is -6.71. The van der Waals surface area contributed by atoms with Crippen LogP contribution in [0.4, 0.5) is 0 Å². The van der Waals surface area contributed by atoms with Crippen molar-refractivity contribution >= 4 is 29.8 Å². The van der Waals surface area contributed by atoms with Crippen molar-refractivity contribution in [1.29, 1.82) is 0 Å². The van der Waals surface area contributed by atoms with Crippen LogP contribution in [-0.4, -0.2) is 85.9 Å². The first kappa shape index (κ1) is 47.8. The summed E-state index contributed by atoms with van der Waals surface area (Å²) in [6.45, 7) is 5.67. The summed E-state index contributed by atoms with van der Waals surface area (Å²) in [6, 6.07) is 0. The van der Waals surface area contributed by atoms with Gasteiger partial charge < -0.3 is 75.0 Å². The third-order valence-electron chi connectivity index (χ3n) is 1.71. The largest absolute Gasteiger partial charge is 4.00 e. The Hall–Kier alpha value is -1.85. The van der Waals surface area contributed by atoms with Crippen LogP contribution in [-0.2, 0) is 24.0 Å². The molecule has 0 aliphatic rings. The molecule has 0 saturated carbocycles. The molecule has 0 saturated heterocycles. The first-order valence-corrected chi connectivity index (χ1v) is 7.66. The van der Waals surface area contributed by atoms with E-state index in [2.05, 4.69) is 0 Å². The zero-order chi connectivity index (χ0) is 25.8. The third kappa shape index (κ3) is 63.0. The van der Waals surface area contributed by atoms with Crippen molar-refractivity contribution in [1.82, 2.24) is 0 Å². The summed E-state index contributed by atoms with van der Waals surface area (Å²) in [4.78, 5) is 46.7. The standard InChI is InChI=1S/5C3H6O3.C.Na/c5*1-2(4)3(5)6;;/h5*2,4H,1H3,(H,5,6);;/q;;;;;+4;+1/p-5. The smallest absolute Gasteiger partial charge is 0.547 e. The average molecular weight is 480 g/mol. The number of carboxylic acid groups (broad SMARTS) is 5. The summed E-state index contributed by atoms with van der Waals surface area (Å²) in [5, 5.41) is 86.5. The predicted octanol–water partition coefficient (Wildman–Crippen LogP) is -12.3. The van der Waals surface area contributed by atoms with Crippen LogP contribution in [0.15, 0.2) is 0 Å². The van der Waals surface area contributed by atoms with Gasteiger partial charge in [-0.3, -0.25) is 0 Å². The number of aliphatic carboxylic acids is 5. The molecule has 0 bridgehead atoms. The van der Waals surface area contributed by atoms with Gasteiger partial charge in [-0.2, -0.15) is 0 Å². The van der Waals surface area contributed by atoms with E-state index in [-0.39, 0.29) is 37.0 Å². The van der Waals surface area contributed by atoms with Gasteiger partial charge in [0.25, 0.3) is 0 Å². The maximum Gasteiger partial charge on any atom is 4.00 e. The van der Waals surface area contributed by atoms with E-state index in [1.54, 1.807) is 0 Å². The first-order chi connectivity index (χ1) is 13.2. The molecule has 180 valence electrons. The van der Waals surface area contributed by atoms with Crippen molar-refractivity contribution in [3.8, 4) is 0 Å². The molecule has 0 aliphatic heterocycles. The molecule has 0 heterocycles. The van der Waals surface area contributed by atoms with Crippen LogP contribution in [0.25, 0.3) is 0 Å². The minimum Gasteiger partial charge on any atom is -0.547 e. The molecular weight excluding hydrogens is 455 g/mol. The van der Waals surface area contributed by atoms with Crippen molar-refractivity contribution in [2.24, 2.45) is 0 Å². The SMILES string of the molecule is CC(O)C(=O)[O-].CC(O)C(=O)[O-].CC(O)C(=O)[O-].CC(O)C(=O)[O-].CC(O)C(=O)[O-].[C+4].[Na+]. The summed E-state index contributed by atoms with van der Waals surface area (Å²) in [7, 11) is 0. The monoisotopic (exact) mass is 480 g/mol. The summed E-state index contributed by atoms with van der Waals surface area (Å²) < 4.78 is 0. The van der Waals surface area contributed by atoms with Crippen LogP contribution in [0.5, 0.6) is 0 Å². The normalized spacial score (nSPS) is 12.8. The number of aliphatic hydroxyl groups is 5. The van der Waals surface area contributed by atoms with Gasteiger partial charge in [0.05, 0.1) is 60.4 Å². The van der Waals surface area contributed by atoms with Gasteiger partial charge in [-0.05, 0) is 34.6 Å². The van der Waals surface area contributed by atoms with E-state index in [1.807, 2.05) is 0 Å².